The summed E-state index contributed by atoms with van der Waals surface area (Å²) < 4.78 is 0. The van der Waals surface area contributed by atoms with E-state index in [1.807, 2.05) is 0 Å². The Labute approximate surface area is 110 Å². The third-order valence-electron chi connectivity index (χ3n) is 2.97. The zero-order valence-corrected chi connectivity index (χ0v) is 10.7. The third kappa shape index (κ3) is 2.73. The molecule has 1 unspecified atom stereocenters. The van der Waals surface area contributed by atoms with Gasteiger partial charge in [-0.1, -0.05) is 23.2 Å². The highest BCUT2D eigenvalue weighted by Gasteiger charge is 2.23. The van der Waals surface area contributed by atoms with E-state index in [0.29, 0.717) is 12.1 Å². The minimum atomic E-state index is -0.174. The van der Waals surface area contributed by atoms with Crippen molar-refractivity contribution in [2.75, 3.05) is 13.1 Å². The summed E-state index contributed by atoms with van der Waals surface area (Å²) in [4.78, 5) is 12.2. The lowest BCUT2D eigenvalue weighted by molar-refractivity contribution is 0.0899. The maximum Gasteiger partial charge on any atom is 0.167 e. The molecule has 0 saturated carbocycles. The van der Waals surface area contributed by atoms with Gasteiger partial charge in [-0.05, 0) is 31.5 Å². The molecule has 17 heavy (non-hydrogen) atoms. The largest absolute Gasteiger partial charge is 0.505 e. The molecule has 5 heteroatoms. The molecule has 1 aliphatic heterocycles. The molecule has 3 nitrogen and oxygen atoms in total. The van der Waals surface area contributed by atoms with Crippen LogP contribution in [0.3, 0.4) is 0 Å². The highest BCUT2D eigenvalue weighted by atomic mass is 35.5. The Kier molecular flexibility index (Phi) is 3.92. The predicted molar refractivity (Wildman–Crippen MR) is 68.1 cm³/mol. The smallest absolute Gasteiger partial charge is 0.167 e. The van der Waals surface area contributed by atoms with Crippen LogP contribution in [0.25, 0.3) is 0 Å². The summed E-state index contributed by atoms with van der Waals surface area (Å²) in [5, 5.41) is 12.9. The van der Waals surface area contributed by atoms with Gasteiger partial charge >= 0.3 is 0 Å². The first kappa shape index (κ1) is 12.7. The molecule has 1 heterocycles. The Morgan fingerprint density at radius 1 is 1.35 bits per heavy atom. The van der Waals surface area contributed by atoms with Crippen molar-refractivity contribution in [3.8, 4) is 5.75 Å². The van der Waals surface area contributed by atoms with Crippen molar-refractivity contribution in [2.24, 2.45) is 5.92 Å². The molecule has 0 spiro atoms. The van der Waals surface area contributed by atoms with Crippen LogP contribution in [0.1, 0.15) is 23.2 Å². The van der Waals surface area contributed by atoms with Crippen LogP contribution in [0.15, 0.2) is 12.1 Å². The van der Waals surface area contributed by atoms with Crippen molar-refractivity contribution in [3.05, 3.63) is 27.7 Å². The van der Waals surface area contributed by atoms with Crippen LogP contribution in [0.5, 0.6) is 5.75 Å². The van der Waals surface area contributed by atoms with Crippen LogP contribution in [0.4, 0.5) is 0 Å². The molecule has 1 aliphatic rings. The monoisotopic (exact) mass is 273 g/mol. The third-order valence-corrected chi connectivity index (χ3v) is 3.55. The number of halogens is 2. The van der Waals surface area contributed by atoms with E-state index in [4.69, 9.17) is 23.2 Å². The highest BCUT2D eigenvalue weighted by Crippen LogP contribution is 2.33. The average molecular weight is 274 g/mol. The van der Waals surface area contributed by atoms with Crippen molar-refractivity contribution in [1.82, 2.24) is 5.32 Å². The average Bonchev–Trinajstić information content (AvgIpc) is 2.35. The number of carbonyl (C=O) groups is 1. The predicted octanol–water partition coefficient (Wildman–Crippen LogP) is 2.88. The fraction of sp³-hybridized carbons (Fsp3) is 0.417. The lowest BCUT2D eigenvalue weighted by Crippen LogP contribution is -2.34. The van der Waals surface area contributed by atoms with Crippen molar-refractivity contribution in [1.29, 1.82) is 0 Å². The summed E-state index contributed by atoms with van der Waals surface area (Å²) >= 11 is 11.6. The van der Waals surface area contributed by atoms with Gasteiger partial charge < -0.3 is 10.4 Å². The van der Waals surface area contributed by atoms with Crippen LogP contribution >= 0.6 is 23.2 Å². The van der Waals surface area contributed by atoms with Crippen molar-refractivity contribution in [3.63, 3.8) is 0 Å². The van der Waals surface area contributed by atoms with E-state index in [1.165, 1.54) is 12.1 Å². The van der Waals surface area contributed by atoms with Gasteiger partial charge in [0.15, 0.2) is 11.5 Å². The van der Waals surface area contributed by atoms with Gasteiger partial charge in [0, 0.05) is 18.0 Å². The van der Waals surface area contributed by atoms with E-state index >= 15 is 0 Å². The number of aromatic hydroxyl groups is 1. The second-order valence-electron chi connectivity index (χ2n) is 4.20. The molecule has 1 aromatic rings. The maximum atomic E-state index is 12.2. The summed E-state index contributed by atoms with van der Waals surface area (Å²) in [5.74, 6) is -0.173. The minimum Gasteiger partial charge on any atom is -0.505 e. The van der Waals surface area contributed by atoms with Gasteiger partial charge in [0.2, 0.25) is 0 Å². The van der Waals surface area contributed by atoms with Crippen LogP contribution in [-0.2, 0) is 0 Å². The number of carbonyl (C=O) groups excluding carboxylic acids is 1. The van der Waals surface area contributed by atoms with Crippen LogP contribution in [0, 0.1) is 5.92 Å². The van der Waals surface area contributed by atoms with E-state index in [0.717, 1.165) is 19.4 Å². The molecule has 0 aromatic heterocycles. The molecule has 2 N–H and O–H groups in total. The number of phenols is 1. The molecule has 0 amide bonds. The summed E-state index contributed by atoms with van der Waals surface area (Å²) in [6.45, 7) is 1.65. The number of phenolic OH excluding ortho intramolecular Hbond substituents is 1. The zero-order chi connectivity index (χ0) is 12.4. The van der Waals surface area contributed by atoms with Crippen molar-refractivity contribution < 1.29 is 9.90 Å². The first-order valence-corrected chi connectivity index (χ1v) is 6.28. The first-order valence-electron chi connectivity index (χ1n) is 5.52. The van der Waals surface area contributed by atoms with Gasteiger partial charge in [-0.25, -0.2) is 0 Å². The normalized spacial score (nSPS) is 20.2. The van der Waals surface area contributed by atoms with Crippen LogP contribution < -0.4 is 5.32 Å². The Morgan fingerprint density at radius 3 is 2.53 bits per heavy atom. The Morgan fingerprint density at radius 2 is 2.00 bits per heavy atom. The zero-order valence-electron chi connectivity index (χ0n) is 9.17. The summed E-state index contributed by atoms with van der Waals surface area (Å²) in [7, 11) is 0. The van der Waals surface area contributed by atoms with Gasteiger partial charge in [-0.3, -0.25) is 4.79 Å². The lowest BCUT2D eigenvalue weighted by Gasteiger charge is -2.21. The number of rotatable bonds is 2. The maximum absolute atomic E-state index is 12.2. The second kappa shape index (κ2) is 5.25. The number of hydrogen-bond acceptors (Lipinski definition) is 3. The molecular formula is C12H13Cl2NO2. The first-order chi connectivity index (χ1) is 8.09. The van der Waals surface area contributed by atoms with E-state index < -0.39 is 0 Å². The summed E-state index contributed by atoms with van der Waals surface area (Å²) in [5.41, 5.74) is 0.464. The molecular weight excluding hydrogens is 261 g/mol. The summed E-state index contributed by atoms with van der Waals surface area (Å²) in [6, 6.07) is 2.94. The number of ketones is 1. The molecule has 1 fully saturated rings. The van der Waals surface area contributed by atoms with Gasteiger partial charge in [0.1, 0.15) is 0 Å². The number of Topliss-reactive ketones (excluding diaryl/α,β-unsaturated/α-hetero) is 1. The molecule has 2 rings (SSSR count). The number of piperidine rings is 1. The topological polar surface area (TPSA) is 49.3 Å². The standard InChI is InChI=1S/C12H13Cl2NO2/c13-9-4-8(5-10(14)12(9)17)11(16)7-2-1-3-15-6-7/h4-5,7,15,17H,1-3,6H2. The Hall–Kier alpha value is -0.770. The van der Waals surface area contributed by atoms with Gasteiger partial charge in [0.25, 0.3) is 0 Å². The SMILES string of the molecule is O=C(c1cc(Cl)c(O)c(Cl)c1)C1CCCNC1. The highest BCUT2D eigenvalue weighted by molar-refractivity contribution is 6.37. The quantitative estimate of drug-likeness (QED) is 0.815. The van der Waals surface area contributed by atoms with Crippen LogP contribution in [-0.4, -0.2) is 24.0 Å². The fourth-order valence-corrected chi connectivity index (χ4v) is 2.51. The van der Waals surface area contributed by atoms with Gasteiger partial charge in [-0.2, -0.15) is 0 Å². The Bertz CT molecular complexity index is 419. The van der Waals surface area contributed by atoms with Gasteiger partial charge in [0.05, 0.1) is 10.0 Å². The lowest BCUT2D eigenvalue weighted by atomic mass is 9.91. The molecule has 0 radical (unpaired) electrons. The second-order valence-corrected chi connectivity index (χ2v) is 5.01. The van der Waals surface area contributed by atoms with Gasteiger partial charge in [-0.15, -0.1) is 0 Å². The molecule has 1 aromatic carbocycles. The molecule has 1 atom stereocenters. The number of benzene rings is 1. The van der Waals surface area contributed by atoms with E-state index in [-0.39, 0.29) is 27.5 Å². The van der Waals surface area contributed by atoms with Crippen LogP contribution in [0.2, 0.25) is 10.0 Å². The fourth-order valence-electron chi connectivity index (χ4n) is 2.02. The minimum absolute atomic E-state index is 0.0274. The Balaban J connectivity index is 2.24. The van der Waals surface area contributed by atoms with Crippen molar-refractivity contribution in [2.45, 2.75) is 12.8 Å². The number of nitrogens with one attached hydrogen (secondary N) is 1. The van der Waals surface area contributed by atoms with Crippen molar-refractivity contribution >= 4 is 29.0 Å². The van der Waals surface area contributed by atoms with E-state index in [1.54, 1.807) is 0 Å². The van der Waals surface area contributed by atoms with E-state index in [2.05, 4.69) is 5.32 Å². The number of hydrogen-bond donors (Lipinski definition) is 2. The van der Waals surface area contributed by atoms with E-state index in [9.17, 15) is 9.90 Å². The molecule has 1 saturated heterocycles. The molecule has 0 bridgehead atoms. The molecule has 92 valence electrons. The molecule has 0 aliphatic carbocycles. The summed E-state index contributed by atoms with van der Waals surface area (Å²) in [6.07, 6.45) is 1.87.